The molecule has 25 heavy (non-hydrogen) atoms. The molecule has 2 aromatic carbocycles. The lowest BCUT2D eigenvalue weighted by atomic mass is 10.1. The monoisotopic (exact) mass is 342 g/mol. The minimum atomic E-state index is -0.271. The number of Topliss-reactive ketones (excluding diaryl/α,β-unsaturated/α-hetero) is 1. The van der Waals surface area contributed by atoms with Gasteiger partial charge >= 0.3 is 0 Å². The molecular weight excluding hydrogens is 320 g/mol. The Kier molecular flexibility index (Phi) is 5.09. The van der Waals surface area contributed by atoms with Gasteiger partial charge in [0.1, 0.15) is 5.75 Å². The first kappa shape index (κ1) is 17.1. The third-order valence-electron chi connectivity index (χ3n) is 4.46. The maximum atomic E-state index is 12.4. The van der Waals surface area contributed by atoms with Crippen LogP contribution < -0.4 is 9.64 Å². The molecule has 6 heteroatoms. The number of methoxy groups -OCH3 is 1. The Morgan fingerprint density at radius 2 is 1.76 bits per heavy atom. The zero-order chi connectivity index (χ0) is 17.8. The van der Waals surface area contributed by atoms with E-state index >= 15 is 0 Å². The van der Waals surface area contributed by atoms with Gasteiger partial charge < -0.3 is 19.8 Å². The molecule has 0 aliphatic carbocycles. The largest absolute Gasteiger partial charge is 0.504 e. The van der Waals surface area contributed by atoms with Crippen LogP contribution in [-0.4, -0.2) is 60.7 Å². The molecule has 0 aromatic heterocycles. The zero-order valence-corrected chi connectivity index (χ0v) is 14.2. The molecular formula is C19H22N2O4. The van der Waals surface area contributed by atoms with E-state index in [0.717, 1.165) is 37.6 Å². The number of hydrogen-bond acceptors (Lipinski definition) is 6. The summed E-state index contributed by atoms with van der Waals surface area (Å²) in [6, 6.07) is 12.1. The van der Waals surface area contributed by atoms with Crippen LogP contribution in [-0.2, 0) is 0 Å². The van der Waals surface area contributed by atoms with Crippen molar-refractivity contribution in [3.05, 3.63) is 48.0 Å². The quantitative estimate of drug-likeness (QED) is 0.640. The highest BCUT2D eigenvalue weighted by Gasteiger charge is 2.21. The average Bonchev–Trinajstić information content (AvgIpc) is 2.64. The Hall–Kier alpha value is -2.73. The summed E-state index contributed by atoms with van der Waals surface area (Å²) in [7, 11) is 1.67. The van der Waals surface area contributed by atoms with Gasteiger partial charge in [-0.3, -0.25) is 9.69 Å². The van der Waals surface area contributed by atoms with Gasteiger partial charge in [-0.25, -0.2) is 0 Å². The second-order valence-electron chi connectivity index (χ2n) is 6.06. The fourth-order valence-electron chi connectivity index (χ4n) is 3.03. The highest BCUT2D eigenvalue weighted by atomic mass is 16.5. The number of phenols is 2. The van der Waals surface area contributed by atoms with E-state index in [1.54, 1.807) is 7.11 Å². The van der Waals surface area contributed by atoms with Gasteiger partial charge in [-0.1, -0.05) is 12.1 Å². The summed E-state index contributed by atoms with van der Waals surface area (Å²) >= 11 is 0. The van der Waals surface area contributed by atoms with Crippen LogP contribution >= 0.6 is 0 Å². The number of rotatable bonds is 5. The molecule has 1 heterocycles. The lowest BCUT2D eigenvalue weighted by Crippen LogP contribution is -2.48. The number of benzene rings is 2. The first-order chi connectivity index (χ1) is 12.1. The molecule has 2 aromatic rings. The van der Waals surface area contributed by atoms with Gasteiger partial charge in [0, 0.05) is 31.7 Å². The van der Waals surface area contributed by atoms with Crippen molar-refractivity contribution in [2.75, 3.05) is 44.7 Å². The number of aromatic hydroxyl groups is 2. The number of phenolic OH excluding ortho intramolecular Hbond substituents is 2. The summed E-state index contributed by atoms with van der Waals surface area (Å²) in [6.07, 6.45) is 0. The van der Waals surface area contributed by atoms with E-state index in [9.17, 15) is 15.0 Å². The Bertz CT molecular complexity index is 755. The summed E-state index contributed by atoms with van der Waals surface area (Å²) in [5.41, 5.74) is 1.47. The standard InChI is InChI=1S/C19H22N2O4/c1-25-19-5-3-2-4-15(19)21-10-8-20(9-11-21)13-18(24)14-6-7-16(22)17(23)12-14/h2-7,12,22-23H,8-11,13H2,1H3. The molecule has 0 spiro atoms. The topological polar surface area (TPSA) is 73.2 Å². The number of nitrogens with zero attached hydrogens (tertiary/aromatic N) is 2. The maximum absolute atomic E-state index is 12.4. The summed E-state index contributed by atoms with van der Waals surface area (Å²) in [6.45, 7) is 3.47. The van der Waals surface area contributed by atoms with E-state index in [4.69, 9.17) is 4.74 Å². The summed E-state index contributed by atoms with van der Waals surface area (Å²) in [4.78, 5) is 16.7. The van der Waals surface area contributed by atoms with Crippen LogP contribution in [0.4, 0.5) is 5.69 Å². The highest BCUT2D eigenvalue weighted by molar-refractivity contribution is 5.98. The molecule has 1 fully saturated rings. The van der Waals surface area contributed by atoms with Crippen molar-refractivity contribution >= 4 is 11.5 Å². The highest BCUT2D eigenvalue weighted by Crippen LogP contribution is 2.28. The van der Waals surface area contributed by atoms with Gasteiger partial charge in [0.15, 0.2) is 17.3 Å². The molecule has 0 atom stereocenters. The van der Waals surface area contributed by atoms with Gasteiger partial charge in [-0.15, -0.1) is 0 Å². The fourth-order valence-corrected chi connectivity index (χ4v) is 3.03. The smallest absolute Gasteiger partial charge is 0.176 e. The molecule has 0 bridgehead atoms. The second-order valence-corrected chi connectivity index (χ2v) is 6.06. The molecule has 0 unspecified atom stereocenters. The number of anilines is 1. The minimum absolute atomic E-state index is 0.0685. The normalized spacial score (nSPS) is 15.2. The number of carbonyl (C=O) groups excluding carboxylic acids is 1. The maximum Gasteiger partial charge on any atom is 0.176 e. The van der Waals surface area contributed by atoms with Gasteiger partial charge in [0.25, 0.3) is 0 Å². The van der Waals surface area contributed by atoms with Crippen LogP contribution in [0.1, 0.15) is 10.4 Å². The van der Waals surface area contributed by atoms with Crippen LogP contribution in [0.2, 0.25) is 0 Å². The number of ketones is 1. The molecule has 132 valence electrons. The fraction of sp³-hybridized carbons (Fsp3) is 0.316. The van der Waals surface area contributed by atoms with E-state index < -0.39 is 0 Å². The molecule has 3 rings (SSSR count). The van der Waals surface area contributed by atoms with E-state index in [1.807, 2.05) is 24.3 Å². The molecule has 2 N–H and O–H groups in total. The predicted octanol–water partition coefficient (Wildman–Crippen LogP) is 2.11. The lowest BCUT2D eigenvalue weighted by molar-refractivity contribution is 0.0926. The number of carbonyl (C=O) groups is 1. The number of para-hydroxylation sites is 2. The third kappa shape index (κ3) is 3.85. The number of piperazine rings is 1. The summed E-state index contributed by atoms with van der Waals surface area (Å²) < 4.78 is 5.42. The van der Waals surface area contributed by atoms with Gasteiger partial charge in [0.2, 0.25) is 0 Å². The number of hydrogen-bond donors (Lipinski definition) is 2. The first-order valence-electron chi connectivity index (χ1n) is 8.24. The van der Waals surface area contributed by atoms with Crippen LogP contribution in [0.15, 0.2) is 42.5 Å². The van der Waals surface area contributed by atoms with Crippen LogP contribution in [0.5, 0.6) is 17.2 Å². The van der Waals surface area contributed by atoms with Gasteiger partial charge in [-0.2, -0.15) is 0 Å². The van der Waals surface area contributed by atoms with E-state index in [1.165, 1.54) is 18.2 Å². The average molecular weight is 342 g/mol. The Morgan fingerprint density at radius 1 is 1.04 bits per heavy atom. The van der Waals surface area contributed by atoms with Crippen molar-refractivity contribution in [2.24, 2.45) is 0 Å². The van der Waals surface area contributed by atoms with Crippen molar-refractivity contribution in [2.45, 2.75) is 0 Å². The van der Waals surface area contributed by atoms with Crippen molar-refractivity contribution in [3.63, 3.8) is 0 Å². The van der Waals surface area contributed by atoms with Crippen molar-refractivity contribution < 1.29 is 19.7 Å². The Balaban J connectivity index is 1.59. The second kappa shape index (κ2) is 7.44. The van der Waals surface area contributed by atoms with Crippen molar-refractivity contribution in [1.82, 2.24) is 4.90 Å². The number of ether oxygens (including phenoxy) is 1. The van der Waals surface area contributed by atoms with E-state index in [2.05, 4.69) is 9.80 Å². The van der Waals surface area contributed by atoms with Crippen molar-refractivity contribution in [3.8, 4) is 17.2 Å². The SMILES string of the molecule is COc1ccccc1N1CCN(CC(=O)c2ccc(O)c(O)c2)CC1. The first-order valence-corrected chi connectivity index (χ1v) is 8.24. The van der Waals surface area contributed by atoms with Crippen LogP contribution in [0, 0.1) is 0 Å². The molecule has 0 amide bonds. The molecule has 1 saturated heterocycles. The van der Waals surface area contributed by atoms with E-state index in [-0.39, 0.29) is 17.3 Å². The van der Waals surface area contributed by atoms with E-state index in [0.29, 0.717) is 12.1 Å². The summed E-state index contributed by atoms with van der Waals surface area (Å²) in [5, 5.41) is 18.9. The van der Waals surface area contributed by atoms with Crippen LogP contribution in [0.25, 0.3) is 0 Å². The van der Waals surface area contributed by atoms with Gasteiger partial charge in [-0.05, 0) is 30.3 Å². The molecule has 0 radical (unpaired) electrons. The Morgan fingerprint density at radius 3 is 2.44 bits per heavy atom. The Labute approximate surface area is 146 Å². The minimum Gasteiger partial charge on any atom is -0.504 e. The molecule has 0 saturated carbocycles. The molecule has 1 aliphatic heterocycles. The lowest BCUT2D eigenvalue weighted by Gasteiger charge is -2.36. The predicted molar refractivity (Wildman–Crippen MR) is 95.7 cm³/mol. The van der Waals surface area contributed by atoms with Crippen molar-refractivity contribution in [1.29, 1.82) is 0 Å². The third-order valence-corrected chi connectivity index (χ3v) is 4.46. The zero-order valence-electron chi connectivity index (χ0n) is 14.2. The molecule has 1 aliphatic rings. The van der Waals surface area contributed by atoms with Crippen LogP contribution in [0.3, 0.4) is 0 Å². The molecule has 6 nitrogen and oxygen atoms in total. The summed E-state index contributed by atoms with van der Waals surface area (Å²) in [5.74, 6) is 0.293. The van der Waals surface area contributed by atoms with Gasteiger partial charge in [0.05, 0.1) is 19.3 Å².